The predicted molar refractivity (Wildman–Crippen MR) is 131 cm³/mol. The van der Waals surface area contributed by atoms with Gasteiger partial charge in [0.2, 0.25) is 0 Å². The van der Waals surface area contributed by atoms with E-state index in [9.17, 15) is 9.59 Å². The molecule has 35 heavy (non-hydrogen) atoms. The SMILES string of the molecule is COCc1cc(C(C)(C)c2cc(C)c(OCC(=O)OC)c(COC)c2)cc(C)c1OCC(=O)OC. The highest BCUT2D eigenvalue weighted by molar-refractivity contribution is 5.71. The molecule has 8 nitrogen and oxygen atoms in total. The standard InChI is InChI=1S/C27H36O8/c1-17-9-21(11-19(13-30-5)25(17)34-15-23(28)32-7)27(3,4)22-10-18(2)26(20(12-22)14-31-6)35-16-24(29)33-8/h9-12H,13-16H2,1-8H3. The minimum atomic E-state index is -0.451. The minimum absolute atomic E-state index is 0.177. The van der Waals surface area contributed by atoms with Crippen LogP contribution in [-0.2, 0) is 47.2 Å². The number of aryl methyl sites for hydroxylation is 2. The second-order valence-corrected chi connectivity index (χ2v) is 8.78. The fourth-order valence-corrected chi connectivity index (χ4v) is 3.90. The first-order valence-corrected chi connectivity index (χ1v) is 11.2. The van der Waals surface area contributed by atoms with E-state index in [-0.39, 0.29) is 13.2 Å². The highest BCUT2D eigenvalue weighted by Gasteiger charge is 2.27. The zero-order chi connectivity index (χ0) is 26.2. The van der Waals surface area contributed by atoms with Gasteiger partial charge in [0.15, 0.2) is 13.2 Å². The van der Waals surface area contributed by atoms with E-state index >= 15 is 0 Å². The summed E-state index contributed by atoms with van der Waals surface area (Å²) in [7, 11) is 5.88. The van der Waals surface area contributed by atoms with Crippen molar-refractivity contribution in [2.45, 2.75) is 46.3 Å². The lowest BCUT2D eigenvalue weighted by molar-refractivity contribution is -0.143. The number of ether oxygens (including phenoxy) is 6. The monoisotopic (exact) mass is 488 g/mol. The molecule has 0 bridgehead atoms. The average Bonchev–Trinajstić information content (AvgIpc) is 2.82. The van der Waals surface area contributed by atoms with Gasteiger partial charge >= 0.3 is 11.9 Å². The molecule has 0 aliphatic rings. The maximum atomic E-state index is 11.6. The maximum Gasteiger partial charge on any atom is 0.343 e. The number of benzene rings is 2. The first-order valence-electron chi connectivity index (χ1n) is 11.2. The van der Waals surface area contributed by atoms with Crippen LogP contribution in [-0.4, -0.2) is 53.6 Å². The molecule has 0 spiro atoms. The summed E-state index contributed by atoms with van der Waals surface area (Å²) in [4.78, 5) is 23.2. The van der Waals surface area contributed by atoms with Crippen LogP contribution in [0.25, 0.3) is 0 Å². The summed E-state index contributed by atoms with van der Waals surface area (Å²) in [5.74, 6) is 0.319. The van der Waals surface area contributed by atoms with Gasteiger partial charge in [-0.2, -0.15) is 0 Å². The molecule has 0 fully saturated rings. The average molecular weight is 489 g/mol. The van der Waals surface area contributed by atoms with E-state index in [1.165, 1.54) is 14.2 Å². The lowest BCUT2D eigenvalue weighted by Gasteiger charge is -2.30. The molecule has 0 saturated carbocycles. The van der Waals surface area contributed by atoms with Gasteiger partial charge in [-0.15, -0.1) is 0 Å². The molecule has 8 heteroatoms. The van der Waals surface area contributed by atoms with Crippen LogP contribution in [0.4, 0.5) is 0 Å². The molecule has 2 rings (SSSR count). The van der Waals surface area contributed by atoms with E-state index < -0.39 is 17.4 Å². The van der Waals surface area contributed by atoms with Gasteiger partial charge < -0.3 is 28.4 Å². The first kappa shape index (κ1) is 28.1. The Morgan fingerprint density at radius 3 is 1.37 bits per heavy atom. The number of carbonyl (C=O) groups excluding carboxylic acids is 2. The molecular formula is C27H36O8. The van der Waals surface area contributed by atoms with Gasteiger partial charge in [0.1, 0.15) is 11.5 Å². The van der Waals surface area contributed by atoms with Crippen molar-refractivity contribution in [2.75, 3.05) is 41.7 Å². The molecule has 0 radical (unpaired) electrons. The second-order valence-electron chi connectivity index (χ2n) is 8.78. The van der Waals surface area contributed by atoms with Crippen molar-refractivity contribution >= 4 is 11.9 Å². The highest BCUT2D eigenvalue weighted by atomic mass is 16.6. The molecule has 0 atom stereocenters. The van der Waals surface area contributed by atoms with Crippen molar-refractivity contribution in [1.29, 1.82) is 0 Å². The lowest BCUT2D eigenvalue weighted by Crippen LogP contribution is -2.22. The molecule has 0 aliphatic carbocycles. The molecule has 0 heterocycles. The zero-order valence-corrected chi connectivity index (χ0v) is 21.9. The Morgan fingerprint density at radius 1 is 0.686 bits per heavy atom. The van der Waals surface area contributed by atoms with Crippen LogP contribution in [0.15, 0.2) is 24.3 Å². The smallest absolute Gasteiger partial charge is 0.343 e. The third kappa shape index (κ3) is 6.96. The quantitative estimate of drug-likeness (QED) is 0.414. The van der Waals surface area contributed by atoms with Crippen molar-refractivity contribution in [3.63, 3.8) is 0 Å². The van der Waals surface area contributed by atoms with Crippen LogP contribution in [0, 0.1) is 13.8 Å². The Labute approximate surface area is 207 Å². The van der Waals surface area contributed by atoms with Crippen molar-refractivity contribution in [3.8, 4) is 11.5 Å². The van der Waals surface area contributed by atoms with Crippen LogP contribution < -0.4 is 9.47 Å². The van der Waals surface area contributed by atoms with E-state index in [0.717, 1.165) is 33.4 Å². The van der Waals surface area contributed by atoms with Gasteiger partial charge in [-0.1, -0.05) is 26.0 Å². The molecule has 0 amide bonds. The third-order valence-corrected chi connectivity index (χ3v) is 5.87. The number of hydrogen-bond donors (Lipinski definition) is 0. The predicted octanol–water partition coefficient (Wildman–Crippen LogP) is 4.03. The number of esters is 2. The van der Waals surface area contributed by atoms with E-state index in [1.54, 1.807) is 14.2 Å². The fourth-order valence-electron chi connectivity index (χ4n) is 3.90. The molecule has 0 unspecified atom stereocenters. The van der Waals surface area contributed by atoms with Crippen LogP contribution in [0.3, 0.4) is 0 Å². The number of hydrogen-bond acceptors (Lipinski definition) is 8. The largest absolute Gasteiger partial charge is 0.481 e. The first-order chi connectivity index (χ1) is 16.6. The van der Waals surface area contributed by atoms with Crippen molar-refractivity contribution in [2.24, 2.45) is 0 Å². The topological polar surface area (TPSA) is 89.5 Å². The van der Waals surface area contributed by atoms with Crippen LogP contribution in [0.2, 0.25) is 0 Å². The number of methoxy groups -OCH3 is 4. The Hall–Kier alpha value is -3.10. The van der Waals surface area contributed by atoms with E-state index in [0.29, 0.717) is 24.7 Å². The number of rotatable bonds is 12. The summed E-state index contributed by atoms with van der Waals surface area (Å²) in [5.41, 5.74) is 5.16. The summed E-state index contributed by atoms with van der Waals surface area (Å²) in [6.45, 7) is 8.45. The van der Waals surface area contributed by atoms with Crippen LogP contribution >= 0.6 is 0 Å². The van der Waals surface area contributed by atoms with E-state index in [2.05, 4.69) is 26.0 Å². The van der Waals surface area contributed by atoms with Crippen molar-refractivity contribution < 1.29 is 38.0 Å². The van der Waals surface area contributed by atoms with E-state index in [1.807, 2.05) is 26.0 Å². The van der Waals surface area contributed by atoms with Gasteiger partial charge in [0.25, 0.3) is 0 Å². The van der Waals surface area contributed by atoms with Crippen molar-refractivity contribution in [3.05, 3.63) is 57.6 Å². The van der Waals surface area contributed by atoms with Gasteiger partial charge in [-0.3, -0.25) is 0 Å². The van der Waals surface area contributed by atoms with Gasteiger partial charge in [0, 0.05) is 30.8 Å². The molecule has 0 N–H and O–H groups in total. The van der Waals surface area contributed by atoms with Crippen LogP contribution in [0.5, 0.6) is 11.5 Å². The van der Waals surface area contributed by atoms with E-state index in [4.69, 9.17) is 28.4 Å². The van der Waals surface area contributed by atoms with Gasteiger partial charge in [-0.25, -0.2) is 9.59 Å². The molecule has 0 aliphatic heterocycles. The molecule has 2 aromatic carbocycles. The summed E-state index contributed by atoms with van der Waals surface area (Å²) in [5, 5.41) is 0. The summed E-state index contributed by atoms with van der Waals surface area (Å²) < 4.78 is 31.7. The normalized spacial score (nSPS) is 11.2. The molecular weight excluding hydrogens is 452 g/mol. The summed E-state index contributed by atoms with van der Waals surface area (Å²) >= 11 is 0. The zero-order valence-electron chi connectivity index (χ0n) is 21.9. The Kier molecular flexibility index (Phi) is 10.1. The summed E-state index contributed by atoms with van der Waals surface area (Å²) in [6.07, 6.45) is 0. The van der Waals surface area contributed by atoms with Gasteiger partial charge in [0.05, 0.1) is 27.4 Å². The Morgan fingerprint density at radius 2 is 1.06 bits per heavy atom. The summed E-state index contributed by atoms with van der Waals surface area (Å²) in [6, 6.07) is 8.18. The minimum Gasteiger partial charge on any atom is -0.481 e. The molecule has 2 aromatic rings. The highest BCUT2D eigenvalue weighted by Crippen LogP contribution is 2.39. The molecule has 0 aromatic heterocycles. The molecule has 192 valence electrons. The van der Waals surface area contributed by atoms with Crippen LogP contribution in [0.1, 0.15) is 47.2 Å². The van der Waals surface area contributed by atoms with Crippen molar-refractivity contribution in [1.82, 2.24) is 0 Å². The van der Waals surface area contributed by atoms with Gasteiger partial charge in [-0.05, 0) is 48.2 Å². The fraction of sp³-hybridized carbons (Fsp3) is 0.481. The Balaban J connectivity index is 2.51. The molecule has 0 saturated heterocycles. The second kappa shape index (κ2) is 12.6. The maximum absolute atomic E-state index is 11.6. The third-order valence-electron chi connectivity index (χ3n) is 5.87. The number of carbonyl (C=O) groups is 2. The lowest BCUT2D eigenvalue weighted by atomic mass is 9.76. The Bertz CT molecular complexity index is 960.